The van der Waals surface area contributed by atoms with Crippen LogP contribution in [0.25, 0.3) is 0 Å². The summed E-state index contributed by atoms with van der Waals surface area (Å²) in [6.45, 7) is 2.09. The first-order valence-corrected chi connectivity index (χ1v) is 8.47. The predicted octanol–water partition coefficient (Wildman–Crippen LogP) is 3.71. The van der Waals surface area contributed by atoms with Crippen molar-refractivity contribution in [1.29, 1.82) is 0 Å². The van der Waals surface area contributed by atoms with Crippen molar-refractivity contribution in [1.82, 2.24) is 5.32 Å². The molecule has 24 heavy (non-hydrogen) atoms. The van der Waals surface area contributed by atoms with Gasteiger partial charge in [0, 0.05) is 26.2 Å². The molecule has 1 saturated heterocycles. The highest BCUT2D eigenvalue weighted by molar-refractivity contribution is 5.31. The van der Waals surface area contributed by atoms with Crippen LogP contribution in [0, 0.1) is 5.92 Å². The molecule has 0 amide bonds. The maximum absolute atomic E-state index is 13.0. The zero-order chi connectivity index (χ0) is 17.6. The molecule has 2 rings (SSSR count). The van der Waals surface area contributed by atoms with Crippen LogP contribution in [0.5, 0.6) is 0 Å². The molecule has 0 aliphatic carbocycles. The average molecular weight is 345 g/mol. The lowest BCUT2D eigenvalue weighted by Crippen LogP contribution is -2.44. The van der Waals surface area contributed by atoms with E-state index < -0.39 is 17.3 Å². The van der Waals surface area contributed by atoms with Gasteiger partial charge in [0.2, 0.25) is 0 Å². The van der Waals surface area contributed by atoms with Gasteiger partial charge in [-0.2, -0.15) is 13.2 Å². The Bertz CT molecular complexity index is 515. The second-order valence-corrected chi connectivity index (χ2v) is 6.50. The van der Waals surface area contributed by atoms with Crippen molar-refractivity contribution in [3.63, 3.8) is 0 Å². The molecule has 2 N–H and O–H groups in total. The molecule has 2 atom stereocenters. The number of unbranched alkanes of at least 4 members (excludes halogenated alkanes) is 1. The van der Waals surface area contributed by atoms with E-state index in [1.54, 1.807) is 13.2 Å². The first-order valence-electron chi connectivity index (χ1n) is 8.47. The maximum atomic E-state index is 13.0. The Morgan fingerprint density at radius 3 is 2.62 bits per heavy atom. The van der Waals surface area contributed by atoms with Gasteiger partial charge in [0.1, 0.15) is 0 Å². The van der Waals surface area contributed by atoms with Crippen molar-refractivity contribution in [3.05, 3.63) is 35.4 Å². The molecule has 0 spiro atoms. The number of ether oxygens (including phenoxy) is 1. The molecule has 1 aromatic rings. The summed E-state index contributed by atoms with van der Waals surface area (Å²) in [7, 11) is 1.62. The highest BCUT2D eigenvalue weighted by Crippen LogP contribution is 2.40. The number of alkyl halides is 3. The van der Waals surface area contributed by atoms with E-state index in [4.69, 9.17) is 4.74 Å². The molecular formula is C18H26F3NO2. The first-order chi connectivity index (χ1) is 11.4. The average Bonchev–Trinajstić information content (AvgIpc) is 2.59. The van der Waals surface area contributed by atoms with Gasteiger partial charge in [-0.3, -0.25) is 0 Å². The number of aliphatic hydroxyl groups is 1. The molecule has 0 aromatic heterocycles. The van der Waals surface area contributed by atoms with Crippen LogP contribution in [0.4, 0.5) is 13.2 Å². The second-order valence-electron chi connectivity index (χ2n) is 6.50. The fraction of sp³-hybridized carbons (Fsp3) is 0.667. The molecular weight excluding hydrogens is 319 g/mol. The zero-order valence-corrected chi connectivity index (χ0v) is 14.0. The Kier molecular flexibility index (Phi) is 6.66. The van der Waals surface area contributed by atoms with Crippen molar-refractivity contribution in [2.75, 3.05) is 26.8 Å². The number of halogens is 3. The molecule has 0 bridgehead atoms. The number of piperidine rings is 1. The van der Waals surface area contributed by atoms with Crippen LogP contribution in [-0.2, 0) is 16.5 Å². The zero-order valence-electron chi connectivity index (χ0n) is 14.0. The highest BCUT2D eigenvalue weighted by Gasteiger charge is 2.40. The Balaban J connectivity index is 2.27. The Morgan fingerprint density at radius 1 is 1.25 bits per heavy atom. The van der Waals surface area contributed by atoms with Gasteiger partial charge in [-0.1, -0.05) is 12.1 Å². The molecule has 0 unspecified atom stereocenters. The fourth-order valence-corrected chi connectivity index (χ4v) is 3.45. The van der Waals surface area contributed by atoms with Crippen LogP contribution in [0.3, 0.4) is 0 Å². The minimum absolute atomic E-state index is 0.0859. The lowest BCUT2D eigenvalue weighted by atomic mass is 9.74. The normalized spacial score (nSPS) is 21.5. The van der Waals surface area contributed by atoms with Gasteiger partial charge < -0.3 is 15.2 Å². The number of benzene rings is 1. The highest BCUT2D eigenvalue weighted by atomic mass is 19.4. The Labute approximate surface area is 141 Å². The summed E-state index contributed by atoms with van der Waals surface area (Å²) in [5, 5.41) is 14.6. The minimum Gasteiger partial charge on any atom is -0.385 e. The topological polar surface area (TPSA) is 41.5 Å². The molecule has 1 aliphatic rings. The van der Waals surface area contributed by atoms with Crippen molar-refractivity contribution in [2.24, 2.45) is 5.92 Å². The summed E-state index contributed by atoms with van der Waals surface area (Å²) in [6, 6.07) is 5.15. The van der Waals surface area contributed by atoms with Crippen LogP contribution in [0.2, 0.25) is 0 Å². The molecule has 0 saturated carbocycles. The molecule has 1 fully saturated rings. The first kappa shape index (κ1) is 19.2. The smallest absolute Gasteiger partial charge is 0.385 e. The molecule has 1 aromatic carbocycles. The van der Waals surface area contributed by atoms with Crippen molar-refractivity contribution in [3.8, 4) is 0 Å². The van der Waals surface area contributed by atoms with Crippen molar-refractivity contribution < 1.29 is 23.0 Å². The maximum Gasteiger partial charge on any atom is 0.416 e. The molecule has 1 aliphatic heterocycles. The van der Waals surface area contributed by atoms with Gasteiger partial charge in [-0.15, -0.1) is 0 Å². The molecule has 3 nitrogen and oxygen atoms in total. The summed E-state index contributed by atoms with van der Waals surface area (Å²) >= 11 is 0. The number of methoxy groups -OCH3 is 1. The predicted molar refractivity (Wildman–Crippen MR) is 86.7 cm³/mol. The standard InChI is InChI=1S/C18H26F3NO2/c1-24-11-3-2-9-17(23,16-8-5-10-22-13-16)14-6-4-7-15(12-14)18(19,20)21/h4,6-7,12,16,22-23H,2-3,5,8-11,13H2,1H3/t16-,17-/m1/s1. The number of rotatable bonds is 7. The van der Waals surface area contributed by atoms with Gasteiger partial charge in [-0.25, -0.2) is 0 Å². The fourth-order valence-electron chi connectivity index (χ4n) is 3.45. The Hall–Kier alpha value is -1.11. The SMILES string of the molecule is COCCCC[C@@](O)(c1cccc(C(F)(F)F)c1)[C@@H]1CCCNC1. The van der Waals surface area contributed by atoms with Crippen LogP contribution < -0.4 is 5.32 Å². The van der Waals surface area contributed by atoms with E-state index >= 15 is 0 Å². The van der Waals surface area contributed by atoms with Crippen molar-refractivity contribution >= 4 is 0 Å². The van der Waals surface area contributed by atoms with Gasteiger partial charge >= 0.3 is 6.18 Å². The molecule has 136 valence electrons. The summed E-state index contributed by atoms with van der Waals surface area (Å²) in [6.07, 6.45) is -0.759. The third-order valence-corrected chi connectivity index (χ3v) is 4.82. The van der Waals surface area contributed by atoms with E-state index in [2.05, 4.69) is 5.32 Å². The van der Waals surface area contributed by atoms with E-state index in [1.165, 1.54) is 6.07 Å². The van der Waals surface area contributed by atoms with E-state index in [9.17, 15) is 18.3 Å². The van der Waals surface area contributed by atoms with Gasteiger partial charge in [-0.05, 0) is 56.3 Å². The third kappa shape index (κ3) is 4.71. The van der Waals surface area contributed by atoms with Gasteiger partial charge in [0.05, 0.1) is 11.2 Å². The van der Waals surface area contributed by atoms with E-state index in [0.29, 0.717) is 31.6 Å². The summed E-state index contributed by atoms with van der Waals surface area (Å²) in [4.78, 5) is 0. The Morgan fingerprint density at radius 2 is 2.00 bits per heavy atom. The minimum atomic E-state index is -4.40. The molecule has 1 heterocycles. The van der Waals surface area contributed by atoms with Crippen molar-refractivity contribution in [2.45, 2.75) is 43.9 Å². The second kappa shape index (κ2) is 8.32. The number of hydrogen-bond donors (Lipinski definition) is 2. The lowest BCUT2D eigenvalue weighted by Gasteiger charge is -2.39. The van der Waals surface area contributed by atoms with Crippen LogP contribution in [0.15, 0.2) is 24.3 Å². The third-order valence-electron chi connectivity index (χ3n) is 4.82. The molecule has 0 radical (unpaired) electrons. The van der Waals surface area contributed by atoms with Crippen LogP contribution in [-0.4, -0.2) is 31.9 Å². The summed E-state index contributed by atoms with van der Waals surface area (Å²) < 4.78 is 44.1. The van der Waals surface area contributed by atoms with E-state index in [1.807, 2.05) is 0 Å². The summed E-state index contributed by atoms with van der Waals surface area (Å²) in [5.74, 6) is -0.0859. The van der Waals surface area contributed by atoms with Crippen LogP contribution >= 0.6 is 0 Å². The quantitative estimate of drug-likeness (QED) is 0.740. The van der Waals surface area contributed by atoms with Gasteiger partial charge in [0.15, 0.2) is 0 Å². The number of nitrogens with one attached hydrogen (secondary N) is 1. The van der Waals surface area contributed by atoms with E-state index in [-0.39, 0.29) is 5.92 Å². The van der Waals surface area contributed by atoms with Gasteiger partial charge in [0.25, 0.3) is 0 Å². The summed E-state index contributed by atoms with van der Waals surface area (Å²) in [5.41, 5.74) is -1.59. The van der Waals surface area contributed by atoms with E-state index in [0.717, 1.165) is 37.9 Å². The largest absolute Gasteiger partial charge is 0.416 e. The van der Waals surface area contributed by atoms with Crippen LogP contribution in [0.1, 0.15) is 43.2 Å². The molecule has 6 heteroatoms. The monoisotopic (exact) mass is 345 g/mol. The lowest BCUT2D eigenvalue weighted by molar-refractivity contribution is -0.137. The number of hydrogen-bond acceptors (Lipinski definition) is 3.